The number of halogens is 1. The van der Waals surface area contributed by atoms with Crippen molar-refractivity contribution in [2.24, 2.45) is 7.05 Å². The highest BCUT2D eigenvalue weighted by Crippen LogP contribution is 2.23. The van der Waals surface area contributed by atoms with Crippen LogP contribution in [-0.2, 0) is 26.5 Å². The summed E-state index contributed by atoms with van der Waals surface area (Å²) in [5.74, 6) is 0. The molecule has 7 nitrogen and oxygen atoms in total. The maximum Gasteiger partial charge on any atom is 0.261 e. The highest BCUT2D eigenvalue weighted by atomic mass is 35.5. The molecule has 1 aliphatic heterocycles. The summed E-state index contributed by atoms with van der Waals surface area (Å²) >= 11 is 5.88. The molecular weight excluding hydrogens is 294 g/mol. The number of imidazole rings is 1. The van der Waals surface area contributed by atoms with Crippen LogP contribution >= 0.6 is 11.6 Å². The van der Waals surface area contributed by atoms with Crippen LogP contribution in [0, 0.1) is 0 Å². The van der Waals surface area contributed by atoms with Crippen LogP contribution in [0.5, 0.6) is 0 Å². The number of nitrogens with zero attached hydrogens (tertiary/aromatic N) is 2. The number of rotatable bonds is 5. The molecule has 19 heavy (non-hydrogen) atoms. The summed E-state index contributed by atoms with van der Waals surface area (Å²) in [6.07, 6.45) is 1.99. The maximum absolute atomic E-state index is 12.1. The topological polar surface area (TPSA) is 82.5 Å². The van der Waals surface area contributed by atoms with E-state index in [-0.39, 0.29) is 16.7 Å². The molecule has 1 aliphatic rings. The third-order valence-corrected chi connectivity index (χ3v) is 5.06. The lowest BCUT2D eigenvalue weighted by Gasteiger charge is -2.25. The Morgan fingerprint density at radius 1 is 1.68 bits per heavy atom. The number of methoxy groups -OCH3 is 1. The maximum atomic E-state index is 12.1. The molecule has 2 rings (SSSR count). The van der Waals surface area contributed by atoms with Gasteiger partial charge in [0.2, 0.25) is 5.03 Å². The fraction of sp³-hybridized carbons (Fsp3) is 0.700. The van der Waals surface area contributed by atoms with Crippen molar-refractivity contribution in [3.63, 3.8) is 0 Å². The lowest BCUT2D eigenvalue weighted by Crippen LogP contribution is -2.45. The standard InChI is InChI=1S/C10H16ClN3O4S/c1-14-7-12-9(8(14)11)19(15,16)13-5-10(17-2)3-4-18-6-10/h7,13H,3-6H2,1-2H3. The zero-order chi connectivity index (χ0) is 14.1. The minimum atomic E-state index is -3.76. The Balaban J connectivity index is 2.12. The molecule has 1 saturated heterocycles. The van der Waals surface area contributed by atoms with E-state index in [1.54, 1.807) is 7.05 Å². The first-order chi connectivity index (χ1) is 8.90. The molecule has 2 heterocycles. The van der Waals surface area contributed by atoms with Crippen molar-refractivity contribution < 1.29 is 17.9 Å². The number of hydrogen-bond acceptors (Lipinski definition) is 5. The average molecular weight is 310 g/mol. The van der Waals surface area contributed by atoms with Gasteiger partial charge in [0.25, 0.3) is 10.0 Å². The Hall–Kier alpha value is -0.670. The lowest BCUT2D eigenvalue weighted by molar-refractivity contribution is -0.0120. The van der Waals surface area contributed by atoms with Gasteiger partial charge in [-0.05, 0) is 0 Å². The van der Waals surface area contributed by atoms with Crippen LogP contribution in [0.1, 0.15) is 6.42 Å². The molecule has 1 aromatic rings. The van der Waals surface area contributed by atoms with Crippen molar-refractivity contribution in [1.29, 1.82) is 0 Å². The van der Waals surface area contributed by atoms with Crippen LogP contribution < -0.4 is 4.72 Å². The molecule has 1 N–H and O–H groups in total. The fourth-order valence-electron chi connectivity index (χ4n) is 1.83. The molecule has 0 spiro atoms. The molecule has 108 valence electrons. The van der Waals surface area contributed by atoms with Crippen LogP contribution in [0.25, 0.3) is 0 Å². The monoisotopic (exact) mass is 309 g/mol. The molecule has 9 heteroatoms. The van der Waals surface area contributed by atoms with Gasteiger partial charge in [0.05, 0.1) is 12.9 Å². The van der Waals surface area contributed by atoms with E-state index in [0.717, 1.165) is 0 Å². The van der Waals surface area contributed by atoms with Crippen LogP contribution in [0.3, 0.4) is 0 Å². The summed E-state index contributed by atoms with van der Waals surface area (Å²) < 4.78 is 38.7. The SMILES string of the molecule is COC1(CNS(=O)(=O)c2ncn(C)c2Cl)CCOC1. The number of sulfonamides is 1. The summed E-state index contributed by atoms with van der Waals surface area (Å²) in [4.78, 5) is 3.79. The highest BCUT2D eigenvalue weighted by Gasteiger charge is 2.36. The molecule has 0 bridgehead atoms. The van der Waals surface area contributed by atoms with Crippen molar-refractivity contribution in [1.82, 2.24) is 14.3 Å². The predicted molar refractivity (Wildman–Crippen MR) is 68.6 cm³/mol. The molecular formula is C10H16ClN3O4S. The largest absolute Gasteiger partial charge is 0.378 e. The van der Waals surface area contributed by atoms with Gasteiger partial charge in [0.1, 0.15) is 10.8 Å². The normalized spacial score (nSPS) is 23.9. The Morgan fingerprint density at radius 2 is 2.42 bits per heavy atom. The highest BCUT2D eigenvalue weighted by molar-refractivity contribution is 7.89. The van der Waals surface area contributed by atoms with E-state index in [0.29, 0.717) is 19.6 Å². The lowest BCUT2D eigenvalue weighted by atomic mass is 10.0. The molecule has 1 aromatic heterocycles. The number of nitrogens with one attached hydrogen (secondary N) is 1. The Morgan fingerprint density at radius 3 is 2.89 bits per heavy atom. The van der Waals surface area contributed by atoms with Gasteiger partial charge in [-0.15, -0.1) is 0 Å². The zero-order valence-electron chi connectivity index (χ0n) is 10.7. The Labute approximate surface area is 116 Å². The van der Waals surface area contributed by atoms with E-state index in [2.05, 4.69) is 9.71 Å². The molecule has 0 aromatic carbocycles. The van der Waals surface area contributed by atoms with Crippen LogP contribution in [0.2, 0.25) is 5.15 Å². The van der Waals surface area contributed by atoms with Crippen molar-refractivity contribution in [3.05, 3.63) is 11.5 Å². The van der Waals surface area contributed by atoms with Gasteiger partial charge in [-0.3, -0.25) is 0 Å². The molecule has 0 aliphatic carbocycles. The Kier molecular flexibility index (Phi) is 4.17. The number of ether oxygens (including phenoxy) is 2. The first-order valence-electron chi connectivity index (χ1n) is 5.70. The smallest absolute Gasteiger partial charge is 0.261 e. The van der Waals surface area contributed by atoms with Gasteiger partial charge in [-0.1, -0.05) is 11.6 Å². The van der Waals surface area contributed by atoms with Crippen molar-refractivity contribution in [3.8, 4) is 0 Å². The van der Waals surface area contributed by atoms with Gasteiger partial charge in [0, 0.05) is 33.7 Å². The second-order valence-corrected chi connectivity index (χ2v) is 6.51. The van der Waals surface area contributed by atoms with Gasteiger partial charge in [-0.2, -0.15) is 0 Å². The third kappa shape index (κ3) is 2.92. The van der Waals surface area contributed by atoms with Gasteiger partial charge in [-0.25, -0.2) is 18.1 Å². The summed E-state index contributed by atoms with van der Waals surface area (Å²) in [6, 6.07) is 0. The Bertz CT molecular complexity index is 551. The molecule has 0 saturated carbocycles. The second-order valence-electron chi connectivity index (χ2n) is 4.47. The number of aromatic nitrogens is 2. The fourth-order valence-corrected chi connectivity index (χ4v) is 3.37. The van der Waals surface area contributed by atoms with Gasteiger partial charge < -0.3 is 14.0 Å². The van der Waals surface area contributed by atoms with Crippen LogP contribution in [0.4, 0.5) is 0 Å². The second kappa shape index (κ2) is 5.37. The minimum Gasteiger partial charge on any atom is -0.378 e. The van der Waals surface area contributed by atoms with Gasteiger partial charge >= 0.3 is 0 Å². The number of hydrogen-bond donors (Lipinski definition) is 1. The zero-order valence-corrected chi connectivity index (χ0v) is 12.3. The summed E-state index contributed by atoms with van der Waals surface area (Å²) in [6.45, 7) is 1.04. The molecule has 0 radical (unpaired) electrons. The quantitative estimate of drug-likeness (QED) is 0.837. The summed E-state index contributed by atoms with van der Waals surface area (Å²) in [5.41, 5.74) is -0.617. The van der Waals surface area contributed by atoms with Gasteiger partial charge in [0.15, 0.2) is 0 Å². The summed E-state index contributed by atoms with van der Waals surface area (Å²) in [5, 5.41) is -0.108. The van der Waals surface area contributed by atoms with E-state index < -0.39 is 15.6 Å². The first-order valence-corrected chi connectivity index (χ1v) is 7.56. The molecule has 1 fully saturated rings. The molecule has 0 amide bonds. The van der Waals surface area contributed by atoms with Crippen molar-refractivity contribution in [2.45, 2.75) is 17.0 Å². The third-order valence-electron chi connectivity index (χ3n) is 3.17. The van der Waals surface area contributed by atoms with E-state index in [4.69, 9.17) is 21.1 Å². The first kappa shape index (κ1) is 14.7. The van der Waals surface area contributed by atoms with E-state index >= 15 is 0 Å². The number of aryl methyl sites for hydroxylation is 1. The molecule has 1 atom stereocenters. The average Bonchev–Trinajstić information content (AvgIpc) is 2.97. The van der Waals surface area contributed by atoms with Crippen LogP contribution in [0.15, 0.2) is 11.4 Å². The minimum absolute atomic E-state index is 0.0710. The van der Waals surface area contributed by atoms with E-state index in [9.17, 15) is 8.42 Å². The summed E-state index contributed by atoms with van der Waals surface area (Å²) in [7, 11) is -0.596. The van der Waals surface area contributed by atoms with Crippen molar-refractivity contribution in [2.75, 3.05) is 26.9 Å². The van der Waals surface area contributed by atoms with E-state index in [1.165, 1.54) is 18.0 Å². The molecule has 1 unspecified atom stereocenters. The van der Waals surface area contributed by atoms with Crippen LogP contribution in [-0.4, -0.2) is 50.4 Å². The predicted octanol–water partition coefficient (Wildman–Crippen LogP) is 0.157. The van der Waals surface area contributed by atoms with E-state index in [1.807, 2.05) is 0 Å². The van der Waals surface area contributed by atoms with Crippen molar-refractivity contribution >= 4 is 21.6 Å².